The second-order valence-electron chi connectivity index (χ2n) is 16.0. The van der Waals surface area contributed by atoms with E-state index in [0.717, 1.165) is 55.5 Å². The molecule has 0 fully saturated rings. The third-order valence-corrected chi connectivity index (χ3v) is 13.7. The first-order valence-corrected chi connectivity index (χ1v) is 20.8. The maximum Gasteiger partial charge on any atom is 0.143 e. The zero-order chi connectivity index (χ0) is 38.5. The van der Waals surface area contributed by atoms with Crippen molar-refractivity contribution in [1.82, 2.24) is 0 Å². The number of para-hydroxylation sites is 1. The van der Waals surface area contributed by atoms with Gasteiger partial charge < -0.3 is 9.32 Å². The van der Waals surface area contributed by atoms with Gasteiger partial charge in [0.2, 0.25) is 0 Å². The summed E-state index contributed by atoms with van der Waals surface area (Å²) in [6.45, 7) is 4.73. The number of furan rings is 1. The molecule has 9 aromatic carbocycles. The highest BCUT2D eigenvalue weighted by Crippen LogP contribution is 2.53. The molecule has 2 aromatic heterocycles. The molecular formula is C55H37NOS. The van der Waals surface area contributed by atoms with Crippen molar-refractivity contribution in [3.05, 3.63) is 199 Å². The van der Waals surface area contributed by atoms with Crippen LogP contribution in [-0.2, 0) is 5.41 Å². The molecule has 0 radical (unpaired) electrons. The summed E-state index contributed by atoms with van der Waals surface area (Å²) in [5, 5.41) is 7.15. The normalized spacial score (nSPS) is 13.1. The second-order valence-corrected chi connectivity index (χ2v) is 17.1. The molecule has 11 aromatic rings. The molecule has 2 heterocycles. The number of fused-ring (bicyclic) bond motifs is 11. The Bertz CT molecular complexity index is 3440. The van der Waals surface area contributed by atoms with Crippen molar-refractivity contribution < 1.29 is 4.42 Å². The molecule has 3 heteroatoms. The summed E-state index contributed by atoms with van der Waals surface area (Å²) in [7, 11) is 0. The van der Waals surface area contributed by atoms with E-state index in [-0.39, 0.29) is 5.41 Å². The number of hydrogen-bond donors (Lipinski definition) is 0. The first-order valence-electron chi connectivity index (χ1n) is 20.0. The van der Waals surface area contributed by atoms with Crippen molar-refractivity contribution in [1.29, 1.82) is 0 Å². The Balaban J connectivity index is 1.03. The van der Waals surface area contributed by atoms with Crippen molar-refractivity contribution in [3.8, 4) is 33.4 Å². The molecule has 2 nitrogen and oxygen atoms in total. The fourth-order valence-corrected chi connectivity index (χ4v) is 11.0. The Labute approximate surface area is 340 Å². The average molecular weight is 760 g/mol. The largest absolute Gasteiger partial charge is 0.455 e. The van der Waals surface area contributed by atoms with Gasteiger partial charge >= 0.3 is 0 Å². The number of anilines is 3. The lowest BCUT2D eigenvalue weighted by Crippen LogP contribution is -2.16. The van der Waals surface area contributed by atoms with Crippen LogP contribution in [0.1, 0.15) is 25.0 Å². The molecule has 0 bridgehead atoms. The van der Waals surface area contributed by atoms with Crippen molar-refractivity contribution in [2.75, 3.05) is 4.90 Å². The summed E-state index contributed by atoms with van der Waals surface area (Å²) in [6, 6.07) is 68.7. The smallest absolute Gasteiger partial charge is 0.143 e. The maximum absolute atomic E-state index is 6.82. The molecule has 0 spiro atoms. The quantitative estimate of drug-likeness (QED) is 0.174. The van der Waals surface area contributed by atoms with Gasteiger partial charge in [0, 0.05) is 54.0 Å². The lowest BCUT2D eigenvalue weighted by Gasteiger charge is -2.27. The van der Waals surface area contributed by atoms with E-state index in [1.54, 1.807) is 0 Å². The van der Waals surface area contributed by atoms with Crippen LogP contribution in [0, 0.1) is 0 Å². The lowest BCUT2D eigenvalue weighted by molar-refractivity contribution is 0.662. The Hall–Kier alpha value is -6.94. The zero-order valence-corrected chi connectivity index (χ0v) is 33.0. The molecule has 1 aliphatic rings. The summed E-state index contributed by atoms with van der Waals surface area (Å²) in [4.78, 5) is 2.44. The number of hydrogen-bond acceptors (Lipinski definition) is 3. The van der Waals surface area contributed by atoms with Crippen LogP contribution in [-0.4, -0.2) is 0 Å². The lowest BCUT2D eigenvalue weighted by atomic mass is 9.79. The van der Waals surface area contributed by atoms with Crippen molar-refractivity contribution in [3.63, 3.8) is 0 Å². The van der Waals surface area contributed by atoms with Crippen LogP contribution in [0.5, 0.6) is 0 Å². The number of thiophene rings is 1. The third-order valence-electron chi connectivity index (χ3n) is 12.4. The predicted molar refractivity (Wildman–Crippen MR) is 247 cm³/mol. The first-order chi connectivity index (χ1) is 28.5. The Morgan fingerprint density at radius 2 is 1.12 bits per heavy atom. The van der Waals surface area contributed by atoms with Crippen molar-refractivity contribution in [2.24, 2.45) is 0 Å². The van der Waals surface area contributed by atoms with Crippen LogP contribution < -0.4 is 4.90 Å². The van der Waals surface area contributed by atoms with E-state index in [0.29, 0.717) is 0 Å². The Morgan fingerprint density at radius 3 is 2.03 bits per heavy atom. The zero-order valence-electron chi connectivity index (χ0n) is 32.2. The molecular weight excluding hydrogens is 723 g/mol. The van der Waals surface area contributed by atoms with Gasteiger partial charge in [0.25, 0.3) is 0 Å². The van der Waals surface area contributed by atoms with Crippen molar-refractivity contribution >= 4 is 81.3 Å². The van der Waals surface area contributed by atoms with E-state index in [9.17, 15) is 0 Å². The fraction of sp³-hybridized carbons (Fsp3) is 0.0545. The standard InChI is InChI=1S/C55H37NOS/c1-55(2)48-24-7-5-17-42(48)44-21-10-19-39(51(44)55)35-27-30-37(31-28-35)56(49-25-12-23-47-43-18-6-8-26-50(43)58-54(47)49)38-15-9-14-36(33-38)41-20-11-22-45-46-32-29-34-13-3-4-16-40(34)52(46)57-53(41)45/h3-33H,1-2H3. The van der Waals surface area contributed by atoms with E-state index in [2.05, 4.69) is 207 Å². The first kappa shape index (κ1) is 33.2. The molecule has 274 valence electrons. The van der Waals surface area contributed by atoms with Crippen LogP contribution in [0.4, 0.5) is 17.1 Å². The summed E-state index contributed by atoms with van der Waals surface area (Å²) in [6.07, 6.45) is 0. The molecule has 0 N–H and O–H groups in total. The van der Waals surface area contributed by atoms with Gasteiger partial charge in [0.15, 0.2) is 0 Å². The molecule has 12 rings (SSSR count). The Kier molecular flexibility index (Phi) is 7.18. The van der Waals surface area contributed by atoms with Crippen LogP contribution in [0.25, 0.3) is 86.3 Å². The van der Waals surface area contributed by atoms with Crippen LogP contribution in [0.3, 0.4) is 0 Å². The molecule has 1 aliphatic carbocycles. The van der Waals surface area contributed by atoms with Gasteiger partial charge in [-0.15, -0.1) is 11.3 Å². The topological polar surface area (TPSA) is 16.4 Å². The molecule has 0 amide bonds. The van der Waals surface area contributed by atoms with Gasteiger partial charge in [-0.25, -0.2) is 0 Å². The van der Waals surface area contributed by atoms with E-state index < -0.39 is 0 Å². The van der Waals surface area contributed by atoms with E-state index in [1.807, 2.05) is 11.3 Å². The average Bonchev–Trinajstić information content (AvgIpc) is 3.93. The highest BCUT2D eigenvalue weighted by molar-refractivity contribution is 7.26. The van der Waals surface area contributed by atoms with Crippen LogP contribution in [0.2, 0.25) is 0 Å². The van der Waals surface area contributed by atoms with Crippen molar-refractivity contribution in [2.45, 2.75) is 19.3 Å². The predicted octanol–water partition coefficient (Wildman–Crippen LogP) is 16.2. The van der Waals surface area contributed by atoms with Gasteiger partial charge in [-0.1, -0.05) is 159 Å². The third kappa shape index (κ3) is 4.84. The van der Waals surface area contributed by atoms with Gasteiger partial charge in [-0.3, -0.25) is 0 Å². The molecule has 0 saturated carbocycles. The van der Waals surface area contributed by atoms with E-state index in [4.69, 9.17) is 4.42 Å². The van der Waals surface area contributed by atoms with Gasteiger partial charge in [-0.05, 0) is 86.8 Å². The van der Waals surface area contributed by atoms with Crippen LogP contribution >= 0.6 is 11.3 Å². The highest BCUT2D eigenvalue weighted by atomic mass is 32.1. The summed E-state index contributed by atoms with van der Waals surface area (Å²) in [5.74, 6) is 0. The maximum atomic E-state index is 6.82. The summed E-state index contributed by atoms with van der Waals surface area (Å²) >= 11 is 1.86. The minimum Gasteiger partial charge on any atom is -0.455 e. The molecule has 58 heavy (non-hydrogen) atoms. The number of rotatable bonds is 5. The minimum atomic E-state index is -0.0969. The fourth-order valence-electron chi connectivity index (χ4n) is 9.78. The summed E-state index contributed by atoms with van der Waals surface area (Å²) in [5.41, 5.74) is 15.3. The monoisotopic (exact) mass is 759 g/mol. The number of benzene rings is 9. The van der Waals surface area contributed by atoms with Gasteiger partial charge in [0.05, 0.1) is 10.4 Å². The SMILES string of the molecule is CC1(C)c2ccccc2-c2cccc(-c3ccc(N(c4cccc(-c5cccc6c5oc5c7ccccc7ccc65)c4)c4cccc5c4sc4ccccc45)cc3)c21. The Morgan fingerprint density at radius 1 is 0.448 bits per heavy atom. The highest BCUT2D eigenvalue weighted by Gasteiger charge is 2.37. The van der Waals surface area contributed by atoms with Gasteiger partial charge in [0.1, 0.15) is 11.2 Å². The van der Waals surface area contributed by atoms with E-state index in [1.165, 1.54) is 58.9 Å². The molecule has 0 atom stereocenters. The minimum absolute atomic E-state index is 0.0969. The summed E-state index contributed by atoms with van der Waals surface area (Å²) < 4.78 is 9.38. The molecule has 0 unspecified atom stereocenters. The van der Waals surface area contributed by atoms with Crippen LogP contribution in [0.15, 0.2) is 192 Å². The second kappa shape index (κ2) is 12.5. The van der Waals surface area contributed by atoms with Gasteiger partial charge in [-0.2, -0.15) is 0 Å². The van der Waals surface area contributed by atoms with E-state index >= 15 is 0 Å². The molecule has 0 aliphatic heterocycles. The number of nitrogens with zero attached hydrogens (tertiary/aromatic N) is 1. The molecule has 0 saturated heterocycles.